The first-order chi connectivity index (χ1) is 15.7. The fourth-order valence-electron chi connectivity index (χ4n) is 3.42. The van der Waals surface area contributed by atoms with E-state index in [2.05, 4.69) is 15.0 Å². The van der Waals surface area contributed by atoms with E-state index in [1.54, 1.807) is 25.1 Å². The van der Waals surface area contributed by atoms with Crippen LogP contribution in [0.1, 0.15) is 20.1 Å². The van der Waals surface area contributed by atoms with Gasteiger partial charge in [-0.05, 0) is 26.0 Å². The van der Waals surface area contributed by atoms with Crippen LogP contribution in [0.15, 0.2) is 36.7 Å². The number of aliphatic hydroxyl groups is 1. The number of anilines is 1. The molecule has 1 aliphatic heterocycles. The first-order valence-corrected chi connectivity index (χ1v) is 10.9. The predicted octanol–water partition coefficient (Wildman–Crippen LogP) is 2.84. The number of imidazole rings is 1. The van der Waals surface area contributed by atoms with Gasteiger partial charge in [-0.25, -0.2) is 18.3 Å². The maximum atomic E-state index is 15.4. The Bertz CT molecular complexity index is 1170. The summed E-state index contributed by atoms with van der Waals surface area (Å²) in [5, 5.41) is 10.8. The molecule has 3 heterocycles. The van der Waals surface area contributed by atoms with Crippen molar-refractivity contribution in [3.63, 3.8) is 0 Å². The number of halogens is 2. The van der Waals surface area contributed by atoms with E-state index in [4.69, 9.17) is 24.3 Å². The molecule has 0 saturated carbocycles. The SMILES string of the molecule is CCOc1nc(N)nc2c1ncn2[C@@H]1O[C@](F)(CO[P+](=O)Oc2ccccc2)[C@@H](F)[C@@]1(C)O. The summed E-state index contributed by atoms with van der Waals surface area (Å²) in [6.07, 6.45) is -3.04. The minimum Gasteiger partial charge on any atom is -0.476 e. The highest BCUT2D eigenvalue weighted by atomic mass is 31.1. The molecule has 3 N–H and O–H groups in total. The highest BCUT2D eigenvalue weighted by Crippen LogP contribution is 2.49. The zero-order chi connectivity index (χ0) is 23.8. The number of fused-ring (bicyclic) bond motifs is 1. The van der Waals surface area contributed by atoms with Gasteiger partial charge in [-0.1, -0.05) is 18.2 Å². The maximum absolute atomic E-state index is 15.4. The molecule has 1 fully saturated rings. The summed E-state index contributed by atoms with van der Waals surface area (Å²) in [4.78, 5) is 12.1. The van der Waals surface area contributed by atoms with Gasteiger partial charge < -0.3 is 20.3 Å². The molecule has 0 radical (unpaired) electrons. The van der Waals surface area contributed by atoms with E-state index in [9.17, 15) is 9.67 Å². The molecule has 1 aromatic carbocycles. The summed E-state index contributed by atoms with van der Waals surface area (Å²) in [6.45, 7) is 1.92. The molecule has 14 heteroatoms. The Hall–Kier alpha value is -2.99. The Morgan fingerprint density at radius 3 is 2.76 bits per heavy atom. The van der Waals surface area contributed by atoms with Crippen LogP contribution in [0.25, 0.3) is 11.2 Å². The van der Waals surface area contributed by atoms with Gasteiger partial charge in [0.1, 0.15) is 5.60 Å². The number of nitrogens with zero attached hydrogens (tertiary/aromatic N) is 4. The van der Waals surface area contributed by atoms with Crippen LogP contribution in [0.3, 0.4) is 0 Å². The van der Waals surface area contributed by atoms with Crippen LogP contribution in [0.5, 0.6) is 11.6 Å². The fraction of sp³-hybridized carbons (Fsp3) is 0.421. The number of nitrogen functional groups attached to an aromatic ring is 1. The standard InChI is InChI=1S/C19H21F2N5O6P/c1-3-29-14-12-13(24-17(22)25-14)26(10-23-12)16-18(2,27)15(20)19(21,31-16)9-30-33(28)32-11-7-5-4-6-8-11/h4-8,10,15-16,27H,3,9H2,1-2H3,(H2,22,24,25)/q+1/t15-,16+,18+,19+/m0/s1. The molecule has 0 spiro atoms. The number of alkyl halides is 2. The van der Waals surface area contributed by atoms with Crippen LogP contribution < -0.4 is 15.0 Å². The molecule has 3 aromatic rings. The Labute approximate surface area is 187 Å². The van der Waals surface area contributed by atoms with Crippen molar-refractivity contribution in [3.8, 4) is 11.6 Å². The lowest BCUT2D eigenvalue weighted by Gasteiger charge is -2.25. The smallest absolute Gasteiger partial charge is 0.476 e. The summed E-state index contributed by atoms with van der Waals surface area (Å²) in [5.74, 6) is -3.05. The van der Waals surface area contributed by atoms with Crippen molar-refractivity contribution in [1.82, 2.24) is 19.5 Å². The van der Waals surface area contributed by atoms with Crippen LogP contribution in [0.4, 0.5) is 14.7 Å². The van der Waals surface area contributed by atoms with Gasteiger partial charge in [0.25, 0.3) is 5.85 Å². The van der Waals surface area contributed by atoms with Crippen LogP contribution in [0.2, 0.25) is 0 Å². The quantitative estimate of drug-likeness (QED) is 0.458. The summed E-state index contributed by atoms with van der Waals surface area (Å²) in [5.41, 5.74) is 3.52. The Kier molecular flexibility index (Phi) is 6.14. The van der Waals surface area contributed by atoms with Gasteiger partial charge in [0.15, 0.2) is 35.9 Å². The first-order valence-electron chi connectivity index (χ1n) is 9.85. The van der Waals surface area contributed by atoms with Crippen molar-refractivity contribution in [2.45, 2.75) is 37.7 Å². The van der Waals surface area contributed by atoms with Crippen LogP contribution in [-0.4, -0.2) is 55.5 Å². The Morgan fingerprint density at radius 1 is 1.33 bits per heavy atom. The molecule has 33 heavy (non-hydrogen) atoms. The minimum absolute atomic E-state index is 0.0343. The monoisotopic (exact) mass is 484 g/mol. The molecular formula is C19H21F2N5O6P+. The second-order valence-corrected chi connectivity index (χ2v) is 8.28. The van der Waals surface area contributed by atoms with Crippen molar-refractivity contribution < 1.29 is 37.0 Å². The van der Waals surface area contributed by atoms with E-state index in [0.717, 1.165) is 11.5 Å². The van der Waals surface area contributed by atoms with Gasteiger partial charge in [-0.3, -0.25) is 4.57 Å². The Balaban J connectivity index is 1.57. The lowest BCUT2D eigenvalue weighted by atomic mass is 9.97. The molecule has 0 amide bonds. The Morgan fingerprint density at radius 2 is 2.06 bits per heavy atom. The molecule has 1 saturated heterocycles. The second kappa shape index (κ2) is 8.75. The summed E-state index contributed by atoms with van der Waals surface area (Å²) in [6, 6.07) is 8.02. The van der Waals surface area contributed by atoms with E-state index in [1.165, 1.54) is 18.5 Å². The lowest BCUT2D eigenvalue weighted by Crippen LogP contribution is -2.46. The molecule has 11 nitrogen and oxygen atoms in total. The number of hydrogen-bond donors (Lipinski definition) is 2. The number of nitrogens with two attached hydrogens (primary N) is 1. The second-order valence-electron chi connectivity index (χ2n) is 7.39. The number of benzene rings is 1. The van der Waals surface area contributed by atoms with Crippen LogP contribution in [-0.2, 0) is 13.8 Å². The van der Waals surface area contributed by atoms with Gasteiger partial charge in [-0.2, -0.15) is 9.97 Å². The molecular weight excluding hydrogens is 463 g/mol. The van der Waals surface area contributed by atoms with Crippen LogP contribution in [0, 0.1) is 0 Å². The minimum atomic E-state index is -3.16. The topological polar surface area (TPSA) is 144 Å². The normalized spacial score (nSPS) is 27.6. The zero-order valence-corrected chi connectivity index (χ0v) is 18.5. The summed E-state index contributed by atoms with van der Waals surface area (Å²) < 4.78 is 64.2. The third-order valence-electron chi connectivity index (χ3n) is 4.93. The average molecular weight is 484 g/mol. The van der Waals surface area contributed by atoms with Gasteiger partial charge in [0.2, 0.25) is 11.8 Å². The third-order valence-corrected chi connectivity index (χ3v) is 5.63. The highest BCUT2D eigenvalue weighted by Gasteiger charge is 2.65. The van der Waals surface area contributed by atoms with E-state index < -0.39 is 38.7 Å². The van der Waals surface area contributed by atoms with Gasteiger partial charge in [0.05, 0.1) is 12.9 Å². The largest absolute Gasteiger partial charge is 0.750 e. The molecule has 0 aliphatic carbocycles. The van der Waals surface area contributed by atoms with E-state index in [0.29, 0.717) is 0 Å². The van der Waals surface area contributed by atoms with Gasteiger partial charge >= 0.3 is 8.25 Å². The molecule has 0 bridgehead atoms. The molecule has 2 aromatic heterocycles. The molecule has 176 valence electrons. The number of hydrogen-bond acceptors (Lipinski definition) is 10. The first kappa shape index (κ1) is 23.2. The van der Waals surface area contributed by atoms with Gasteiger partial charge in [-0.15, -0.1) is 4.52 Å². The van der Waals surface area contributed by atoms with E-state index in [-0.39, 0.29) is 35.3 Å². The maximum Gasteiger partial charge on any atom is 0.750 e. The number of ether oxygens (including phenoxy) is 2. The van der Waals surface area contributed by atoms with Crippen molar-refractivity contribution in [3.05, 3.63) is 36.7 Å². The van der Waals surface area contributed by atoms with Crippen molar-refractivity contribution in [1.29, 1.82) is 0 Å². The van der Waals surface area contributed by atoms with E-state index >= 15 is 8.78 Å². The number of rotatable bonds is 8. The van der Waals surface area contributed by atoms with Crippen molar-refractivity contribution >= 4 is 25.4 Å². The van der Waals surface area contributed by atoms with Crippen molar-refractivity contribution in [2.24, 2.45) is 0 Å². The number of aromatic nitrogens is 4. The van der Waals surface area contributed by atoms with Gasteiger partial charge in [0, 0.05) is 4.57 Å². The summed E-state index contributed by atoms with van der Waals surface area (Å²) in [7, 11) is -2.85. The lowest BCUT2D eigenvalue weighted by molar-refractivity contribution is -0.191. The molecule has 1 aliphatic rings. The van der Waals surface area contributed by atoms with E-state index in [1.807, 2.05) is 0 Å². The fourth-order valence-corrected chi connectivity index (χ4v) is 4.05. The summed E-state index contributed by atoms with van der Waals surface area (Å²) >= 11 is 0. The predicted molar refractivity (Wildman–Crippen MR) is 111 cm³/mol. The van der Waals surface area contributed by atoms with Crippen LogP contribution >= 0.6 is 8.25 Å². The molecule has 1 unspecified atom stereocenters. The average Bonchev–Trinajstić information content (AvgIpc) is 3.26. The highest BCUT2D eigenvalue weighted by molar-refractivity contribution is 7.33. The molecule has 5 atom stereocenters. The number of para-hydroxylation sites is 1. The van der Waals surface area contributed by atoms with Crippen molar-refractivity contribution in [2.75, 3.05) is 18.9 Å². The third kappa shape index (κ3) is 4.32. The molecule has 4 rings (SSSR count). The zero-order valence-electron chi connectivity index (χ0n) is 17.6.